The Morgan fingerprint density at radius 3 is 2.60 bits per heavy atom. The smallest absolute Gasteiger partial charge is 0.304 e. The van der Waals surface area contributed by atoms with Crippen molar-refractivity contribution in [1.29, 1.82) is 0 Å². The van der Waals surface area contributed by atoms with Crippen molar-refractivity contribution in [3.63, 3.8) is 0 Å². The van der Waals surface area contributed by atoms with E-state index in [-0.39, 0.29) is 6.42 Å². The van der Waals surface area contributed by atoms with Crippen molar-refractivity contribution in [3.05, 3.63) is 12.2 Å². The number of carboxylic acid groups (broad SMARTS) is 1. The van der Waals surface area contributed by atoms with E-state index in [0.29, 0.717) is 0 Å². The van der Waals surface area contributed by atoms with E-state index >= 15 is 0 Å². The van der Waals surface area contributed by atoms with E-state index in [0.717, 1.165) is 37.6 Å². The Hall–Kier alpha value is -0.480. The second-order valence-corrected chi connectivity index (χ2v) is 6.06. The molecule has 0 aliphatic heterocycles. The van der Waals surface area contributed by atoms with Crippen LogP contribution in [0, 0.1) is 0 Å². The van der Waals surface area contributed by atoms with Crippen LogP contribution in [-0.2, 0) is 9.53 Å². The molecule has 0 amide bonds. The quantitative estimate of drug-likeness (QED) is 0.357. The Morgan fingerprint density at radius 2 is 1.85 bits per heavy atom. The molecule has 3 nitrogen and oxygen atoms in total. The fourth-order valence-corrected chi connectivity index (χ4v) is 2.60. The topological polar surface area (TPSA) is 46.5 Å². The van der Waals surface area contributed by atoms with Gasteiger partial charge in [-0.25, -0.2) is 0 Å². The van der Waals surface area contributed by atoms with Gasteiger partial charge in [0.25, 0.3) is 0 Å². The van der Waals surface area contributed by atoms with Crippen LogP contribution >= 0.6 is 11.8 Å². The molecule has 0 spiro atoms. The van der Waals surface area contributed by atoms with Gasteiger partial charge in [0, 0.05) is 12.4 Å². The maximum atomic E-state index is 10.3. The van der Waals surface area contributed by atoms with Crippen molar-refractivity contribution < 1.29 is 14.6 Å². The Balaban J connectivity index is 3.07. The van der Waals surface area contributed by atoms with Crippen molar-refractivity contribution in [1.82, 2.24) is 0 Å². The summed E-state index contributed by atoms with van der Waals surface area (Å²) in [5, 5.41) is 8.48. The molecular weight excluding hydrogens is 272 g/mol. The third kappa shape index (κ3) is 17.5. The predicted octanol–water partition coefficient (Wildman–Crippen LogP) is 4.52. The highest BCUT2D eigenvalue weighted by atomic mass is 32.2. The van der Waals surface area contributed by atoms with E-state index in [2.05, 4.69) is 19.1 Å². The SMILES string of the molecule is CCCCCOCCC=CCCCCSCCC(=O)O. The zero-order valence-electron chi connectivity index (χ0n) is 12.8. The minimum absolute atomic E-state index is 0.281. The first-order valence-electron chi connectivity index (χ1n) is 7.79. The van der Waals surface area contributed by atoms with Crippen LogP contribution in [0.3, 0.4) is 0 Å². The van der Waals surface area contributed by atoms with Crippen molar-refractivity contribution in [2.24, 2.45) is 0 Å². The zero-order valence-corrected chi connectivity index (χ0v) is 13.6. The van der Waals surface area contributed by atoms with Crippen LogP contribution in [0.4, 0.5) is 0 Å². The first kappa shape index (κ1) is 19.5. The molecule has 4 heteroatoms. The lowest BCUT2D eigenvalue weighted by Gasteiger charge is -2.01. The number of hydrogen-bond acceptors (Lipinski definition) is 3. The molecular formula is C16H30O3S. The van der Waals surface area contributed by atoms with Crippen LogP contribution in [0.2, 0.25) is 0 Å². The fourth-order valence-electron chi connectivity index (χ4n) is 1.67. The number of aliphatic carboxylic acids is 1. The van der Waals surface area contributed by atoms with Gasteiger partial charge in [-0.3, -0.25) is 4.79 Å². The van der Waals surface area contributed by atoms with Gasteiger partial charge >= 0.3 is 5.97 Å². The van der Waals surface area contributed by atoms with E-state index in [9.17, 15) is 4.79 Å². The van der Waals surface area contributed by atoms with Crippen LogP contribution in [0.15, 0.2) is 12.2 Å². The number of carbonyl (C=O) groups is 1. The Bertz CT molecular complexity index is 242. The number of unbranched alkanes of at least 4 members (excludes halogenated alkanes) is 4. The Labute approximate surface area is 128 Å². The highest BCUT2D eigenvalue weighted by Gasteiger charge is 1.95. The lowest BCUT2D eigenvalue weighted by molar-refractivity contribution is -0.136. The zero-order chi connectivity index (χ0) is 14.9. The minimum Gasteiger partial charge on any atom is -0.481 e. The summed E-state index contributed by atoms with van der Waals surface area (Å²) in [6.45, 7) is 3.94. The number of hydrogen-bond donors (Lipinski definition) is 1. The van der Waals surface area contributed by atoms with Gasteiger partial charge in [-0.15, -0.1) is 0 Å². The average molecular weight is 302 g/mol. The van der Waals surface area contributed by atoms with Gasteiger partial charge in [-0.2, -0.15) is 11.8 Å². The van der Waals surface area contributed by atoms with Crippen LogP contribution in [0.1, 0.15) is 58.3 Å². The maximum absolute atomic E-state index is 10.3. The summed E-state index contributed by atoms with van der Waals surface area (Å²) in [5.41, 5.74) is 0. The predicted molar refractivity (Wildman–Crippen MR) is 87.5 cm³/mol. The number of thioether (sulfide) groups is 1. The van der Waals surface area contributed by atoms with Crippen LogP contribution < -0.4 is 0 Å². The molecule has 0 aliphatic carbocycles. The number of ether oxygens (including phenoxy) is 1. The molecule has 0 aromatic rings. The highest BCUT2D eigenvalue weighted by molar-refractivity contribution is 7.99. The highest BCUT2D eigenvalue weighted by Crippen LogP contribution is 2.08. The molecule has 0 unspecified atom stereocenters. The van der Waals surface area contributed by atoms with E-state index in [1.165, 1.54) is 32.1 Å². The largest absolute Gasteiger partial charge is 0.481 e. The van der Waals surface area contributed by atoms with Crippen LogP contribution in [0.25, 0.3) is 0 Å². The normalized spacial score (nSPS) is 11.2. The van der Waals surface area contributed by atoms with Crippen molar-refractivity contribution in [3.8, 4) is 0 Å². The number of rotatable bonds is 15. The molecule has 0 fully saturated rings. The number of allylic oxidation sites excluding steroid dienone is 1. The molecule has 1 N–H and O–H groups in total. The van der Waals surface area contributed by atoms with E-state index in [1.807, 2.05) is 0 Å². The minimum atomic E-state index is -0.697. The second kappa shape index (κ2) is 16.6. The maximum Gasteiger partial charge on any atom is 0.304 e. The van der Waals surface area contributed by atoms with E-state index in [4.69, 9.17) is 9.84 Å². The summed E-state index contributed by atoms with van der Waals surface area (Å²) < 4.78 is 5.52. The molecule has 0 rings (SSSR count). The molecule has 0 heterocycles. The molecule has 0 aromatic carbocycles. The van der Waals surface area contributed by atoms with Gasteiger partial charge in [0.15, 0.2) is 0 Å². The summed E-state index contributed by atoms with van der Waals surface area (Å²) in [5.74, 6) is 1.11. The van der Waals surface area contributed by atoms with Crippen molar-refractivity contribution in [2.75, 3.05) is 24.7 Å². The molecule has 0 atom stereocenters. The van der Waals surface area contributed by atoms with Crippen molar-refractivity contribution >= 4 is 17.7 Å². The summed E-state index contributed by atoms with van der Waals surface area (Å²) in [4.78, 5) is 10.3. The summed E-state index contributed by atoms with van der Waals surface area (Å²) >= 11 is 1.74. The number of carboxylic acids is 1. The van der Waals surface area contributed by atoms with Gasteiger partial charge in [0.2, 0.25) is 0 Å². The lowest BCUT2D eigenvalue weighted by Crippen LogP contribution is -1.96. The van der Waals surface area contributed by atoms with Gasteiger partial charge in [0.05, 0.1) is 13.0 Å². The Morgan fingerprint density at radius 1 is 1.05 bits per heavy atom. The second-order valence-electron chi connectivity index (χ2n) is 4.83. The van der Waals surface area contributed by atoms with Gasteiger partial charge < -0.3 is 9.84 Å². The molecule has 0 bridgehead atoms. The molecule has 20 heavy (non-hydrogen) atoms. The van der Waals surface area contributed by atoms with Crippen LogP contribution in [0.5, 0.6) is 0 Å². The third-order valence-corrected chi connectivity index (χ3v) is 3.93. The first-order chi connectivity index (χ1) is 9.77. The van der Waals surface area contributed by atoms with Gasteiger partial charge in [0.1, 0.15) is 0 Å². The fraction of sp³-hybridized carbons (Fsp3) is 0.812. The van der Waals surface area contributed by atoms with E-state index in [1.54, 1.807) is 11.8 Å². The first-order valence-corrected chi connectivity index (χ1v) is 8.95. The summed E-state index contributed by atoms with van der Waals surface area (Å²) in [7, 11) is 0. The monoisotopic (exact) mass is 302 g/mol. The van der Waals surface area contributed by atoms with Gasteiger partial charge in [-0.1, -0.05) is 31.9 Å². The lowest BCUT2D eigenvalue weighted by atomic mass is 10.2. The van der Waals surface area contributed by atoms with Crippen LogP contribution in [-0.4, -0.2) is 35.8 Å². The summed E-state index contributed by atoms with van der Waals surface area (Å²) in [6, 6.07) is 0. The standard InChI is InChI=1S/C16H30O3S/c1-2-3-8-12-19-13-9-6-4-5-7-10-14-20-15-11-16(17)18/h4,6H,2-3,5,7-15H2,1H3,(H,17,18). The van der Waals surface area contributed by atoms with Gasteiger partial charge in [-0.05, 0) is 37.9 Å². The molecule has 0 saturated carbocycles. The molecule has 118 valence electrons. The average Bonchev–Trinajstić information content (AvgIpc) is 2.43. The third-order valence-electron chi connectivity index (χ3n) is 2.86. The molecule has 0 radical (unpaired) electrons. The molecule has 0 aromatic heterocycles. The molecule has 0 saturated heterocycles. The molecule has 0 aliphatic rings. The van der Waals surface area contributed by atoms with Crippen molar-refractivity contribution in [2.45, 2.75) is 58.3 Å². The Kier molecular flexibility index (Phi) is 16.2. The van der Waals surface area contributed by atoms with E-state index < -0.39 is 5.97 Å². The summed E-state index contributed by atoms with van der Waals surface area (Å²) in [6.07, 6.45) is 12.9.